The Bertz CT molecular complexity index is 1110. The number of hydrogen-bond acceptors (Lipinski definition) is 7. The van der Waals surface area contributed by atoms with Gasteiger partial charge in [-0.3, -0.25) is 4.79 Å². The van der Waals surface area contributed by atoms with Crippen LogP contribution >= 0.6 is 0 Å². The summed E-state index contributed by atoms with van der Waals surface area (Å²) in [5.41, 5.74) is 3.11. The fraction of sp³-hybridized carbons (Fsp3) is 0.360. The average molecular weight is 454 g/mol. The minimum absolute atomic E-state index is 0.0192. The van der Waals surface area contributed by atoms with Gasteiger partial charge in [0.1, 0.15) is 12.3 Å². The molecule has 2 aromatic carbocycles. The second-order valence-electron chi connectivity index (χ2n) is 8.39. The Morgan fingerprint density at radius 2 is 1.76 bits per heavy atom. The van der Waals surface area contributed by atoms with Crippen molar-refractivity contribution in [2.75, 3.05) is 48.3 Å². The van der Waals surface area contributed by atoms with E-state index in [2.05, 4.69) is 0 Å². The number of rotatable bonds is 7. The maximum atomic E-state index is 13.4. The maximum Gasteiger partial charge on any atom is 0.361 e. The number of methoxy groups -OCH3 is 3. The van der Waals surface area contributed by atoms with Crippen LogP contribution in [-0.4, -0.2) is 64.5 Å². The number of nitrogens with zero attached hydrogens (tertiary/aromatic N) is 1. The molecule has 0 spiro atoms. The molecule has 0 radical (unpaired) electrons. The van der Waals surface area contributed by atoms with Crippen LogP contribution in [0, 0.1) is 0 Å². The standard InChI is InChI=1S/C25H28NO7/c1-26(14-21(28)30-3)12-11-18-19(13-26)23(31-4)25-24(32-15-33-25)22(18)20(27)10-7-16-5-8-17(29-2)9-6-16/h5-10H,11-15H2,1-4H3/q+1/b10-7+. The SMILES string of the molecule is COC(=O)C[N+]1(C)CCc2c(c(OC)c3c(c2C(=O)/C=C/c2ccc(OC)cc2)OCO3)C1. The Morgan fingerprint density at radius 1 is 1.03 bits per heavy atom. The number of fused-ring (bicyclic) bond motifs is 2. The lowest BCUT2D eigenvalue weighted by Crippen LogP contribution is -2.51. The average Bonchev–Trinajstić information content (AvgIpc) is 3.30. The highest BCUT2D eigenvalue weighted by molar-refractivity contribution is 6.11. The number of esters is 1. The summed E-state index contributed by atoms with van der Waals surface area (Å²) < 4.78 is 27.6. The Labute approximate surface area is 192 Å². The molecule has 8 heteroatoms. The zero-order valence-corrected chi connectivity index (χ0v) is 19.3. The third kappa shape index (κ3) is 4.39. The fourth-order valence-corrected chi connectivity index (χ4v) is 4.44. The van der Waals surface area contributed by atoms with Gasteiger partial charge < -0.3 is 28.2 Å². The van der Waals surface area contributed by atoms with Gasteiger partial charge in [-0.25, -0.2) is 4.79 Å². The summed E-state index contributed by atoms with van der Waals surface area (Å²) in [5.74, 6) is 1.71. The molecule has 33 heavy (non-hydrogen) atoms. The number of allylic oxidation sites excluding steroid dienone is 1. The summed E-state index contributed by atoms with van der Waals surface area (Å²) >= 11 is 0. The van der Waals surface area contributed by atoms with E-state index in [1.807, 2.05) is 31.3 Å². The first-order valence-corrected chi connectivity index (χ1v) is 10.7. The van der Waals surface area contributed by atoms with Crippen LogP contribution in [0.2, 0.25) is 0 Å². The molecule has 0 amide bonds. The van der Waals surface area contributed by atoms with Crippen molar-refractivity contribution in [3.63, 3.8) is 0 Å². The Morgan fingerprint density at radius 3 is 2.42 bits per heavy atom. The molecule has 2 aromatic rings. The number of carbonyl (C=O) groups is 2. The minimum Gasteiger partial charge on any atom is -0.497 e. The molecule has 4 rings (SSSR count). The molecule has 0 saturated heterocycles. The second-order valence-corrected chi connectivity index (χ2v) is 8.39. The zero-order chi connectivity index (χ0) is 23.6. The van der Waals surface area contributed by atoms with E-state index in [-0.39, 0.29) is 25.1 Å². The van der Waals surface area contributed by atoms with Gasteiger partial charge in [0.05, 0.1) is 46.0 Å². The number of carbonyl (C=O) groups excluding carboxylic acids is 2. The first kappa shape index (κ1) is 22.7. The monoisotopic (exact) mass is 454 g/mol. The topological polar surface area (TPSA) is 80.3 Å². The van der Waals surface area contributed by atoms with Crippen molar-refractivity contribution in [1.29, 1.82) is 0 Å². The summed E-state index contributed by atoms with van der Waals surface area (Å²) in [6.07, 6.45) is 3.90. The van der Waals surface area contributed by atoms with E-state index in [1.165, 1.54) is 7.11 Å². The molecule has 2 heterocycles. The van der Waals surface area contributed by atoms with E-state index in [9.17, 15) is 9.59 Å². The van der Waals surface area contributed by atoms with Gasteiger partial charge in [-0.05, 0) is 29.3 Å². The van der Waals surface area contributed by atoms with Crippen LogP contribution in [0.4, 0.5) is 0 Å². The van der Waals surface area contributed by atoms with Gasteiger partial charge in [-0.15, -0.1) is 0 Å². The summed E-state index contributed by atoms with van der Waals surface area (Å²) in [7, 11) is 6.56. The number of ether oxygens (including phenoxy) is 5. The van der Waals surface area contributed by atoms with Crippen molar-refractivity contribution in [3.8, 4) is 23.0 Å². The maximum absolute atomic E-state index is 13.4. The van der Waals surface area contributed by atoms with Crippen LogP contribution in [-0.2, 0) is 22.5 Å². The van der Waals surface area contributed by atoms with Crippen molar-refractivity contribution in [1.82, 2.24) is 0 Å². The highest BCUT2D eigenvalue weighted by Gasteiger charge is 2.40. The molecule has 0 aliphatic carbocycles. The Balaban J connectivity index is 1.73. The third-order valence-corrected chi connectivity index (χ3v) is 6.16. The van der Waals surface area contributed by atoms with E-state index >= 15 is 0 Å². The van der Waals surface area contributed by atoms with E-state index in [1.54, 1.807) is 26.4 Å². The second kappa shape index (κ2) is 9.15. The highest BCUT2D eigenvalue weighted by atomic mass is 16.7. The van der Waals surface area contributed by atoms with E-state index < -0.39 is 0 Å². The van der Waals surface area contributed by atoms with Crippen LogP contribution in [0.15, 0.2) is 30.3 Å². The molecule has 0 saturated carbocycles. The zero-order valence-electron chi connectivity index (χ0n) is 19.3. The number of benzene rings is 2. The number of quaternary nitrogens is 1. The molecule has 0 fully saturated rings. The summed E-state index contributed by atoms with van der Waals surface area (Å²) in [5, 5.41) is 0. The minimum atomic E-state index is -0.278. The molecule has 1 atom stereocenters. The lowest BCUT2D eigenvalue weighted by molar-refractivity contribution is -0.917. The van der Waals surface area contributed by atoms with Crippen molar-refractivity contribution in [2.24, 2.45) is 0 Å². The molecule has 2 aliphatic rings. The molecule has 2 aliphatic heterocycles. The normalized spacial score (nSPS) is 18.7. The van der Waals surface area contributed by atoms with Crippen molar-refractivity contribution in [2.45, 2.75) is 13.0 Å². The van der Waals surface area contributed by atoms with Gasteiger partial charge >= 0.3 is 5.97 Å². The van der Waals surface area contributed by atoms with Crippen LogP contribution in [0.5, 0.6) is 23.0 Å². The Hall–Kier alpha value is -3.52. The van der Waals surface area contributed by atoms with Gasteiger partial charge in [0.25, 0.3) is 0 Å². The third-order valence-electron chi connectivity index (χ3n) is 6.16. The van der Waals surface area contributed by atoms with Crippen molar-refractivity contribution < 1.29 is 37.8 Å². The molecule has 174 valence electrons. The first-order valence-electron chi connectivity index (χ1n) is 10.7. The summed E-state index contributed by atoms with van der Waals surface area (Å²) in [6, 6.07) is 7.44. The van der Waals surface area contributed by atoms with Crippen LogP contribution in [0.1, 0.15) is 27.0 Å². The van der Waals surface area contributed by atoms with Gasteiger partial charge in [-0.2, -0.15) is 0 Å². The largest absolute Gasteiger partial charge is 0.497 e. The lowest BCUT2D eigenvalue weighted by Gasteiger charge is -2.38. The summed E-state index contributed by atoms with van der Waals surface area (Å²) in [4.78, 5) is 25.4. The van der Waals surface area contributed by atoms with Gasteiger partial charge in [0.2, 0.25) is 12.5 Å². The lowest BCUT2D eigenvalue weighted by atomic mass is 9.89. The fourth-order valence-electron chi connectivity index (χ4n) is 4.44. The van der Waals surface area contributed by atoms with Crippen molar-refractivity contribution >= 4 is 17.8 Å². The quantitative estimate of drug-likeness (QED) is 0.275. The van der Waals surface area contributed by atoms with Crippen molar-refractivity contribution in [3.05, 3.63) is 52.6 Å². The van der Waals surface area contributed by atoms with Crippen LogP contribution in [0.3, 0.4) is 0 Å². The molecular formula is C25H28NO7+. The predicted molar refractivity (Wildman–Crippen MR) is 121 cm³/mol. The molecule has 1 unspecified atom stereocenters. The molecule has 0 bridgehead atoms. The molecular weight excluding hydrogens is 426 g/mol. The van der Waals surface area contributed by atoms with E-state index in [0.717, 1.165) is 22.4 Å². The first-order chi connectivity index (χ1) is 15.9. The number of likely N-dealkylation sites (N-methyl/N-ethyl adjacent to an activating group) is 1. The van der Waals surface area contributed by atoms with E-state index in [4.69, 9.17) is 23.7 Å². The smallest absolute Gasteiger partial charge is 0.361 e. The molecule has 8 nitrogen and oxygen atoms in total. The van der Waals surface area contributed by atoms with Crippen LogP contribution in [0.25, 0.3) is 6.08 Å². The molecule has 0 aromatic heterocycles. The van der Waals surface area contributed by atoms with Gasteiger partial charge in [-0.1, -0.05) is 18.2 Å². The molecule has 0 N–H and O–H groups in total. The highest BCUT2D eigenvalue weighted by Crippen LogP contribution is 2.50. The predicted octanol–water partition coefficient (Wildman–Crippen LogP) is 3.00. The number of hydrogen-bond donors (Lipinski definition) is 0. The van der Waals surface area contributed by atoms with Crippen LogP contribution < -0.4 is 18.9 Å². The van der Waals surface area contributed by atoms with Gasteiger partial charge in [0.15, 0.2) is 23.8 Å². The van der Waals surface area contributed by atoms with E-state index in [0.29, 0.717) is 46.8 Å². The summed E-state index contributed by atoms with van der Waals surface area (Å²) in [6.45, 7) is 1.43. The Kier molecular flexibility index (Phi) is 6.29. The van der Waals surface area contributed by atoms with Gasteiger partial charge in [0, 0.05) is 6.42 Å². The number of ketones is 1.